The zero-order valence-corrected chi connectivity index (χ0v) is 10.3. The number of aromatic nitrogens is 2. The van der Waals surface area contributed by atoms with Crippen molar-refractivity contribution in [1.82, 2.24) is 9.97 Å². The number of nitrogens with zero attached hydrogens (tertiary/aromatic N) is 2. The van der Waals surface area contributed by atoms with Gasteiger partial charge in [-0.25, -0.2) is 4.98 Å². The number of halogens is 1. The summed E-state index contributed by atoms with van der Waals surface area (Å²) in [7, 11) is 0. The maximum Gasteiger partial charge on any atom is 0.127 e. The van der Waals surface area contributed by atoms with Gasteiger partial charge in [0, 0.05) is 18.9 Å². The Labute approximate surface area is 103 Å². The minimum atomic E-state index is 0.846. The van der Waals surface area contributed by atoms with Gasteiger partial charge in [-0.2, -0.15) is 0 Å². The number of pyridine rings is 2. The van der Waals surface area contributed by atoms with E-state index in [0.29, 0.717) is 0 Å². The summed E-state index contributed by atoms with van der Waals surface area (Å²) in [6.07, 6.45) is 4.62. The van der Waals surface area contributed by atoms with Crippen molar-refractivity contribution in [2.45, 2.75) is 6.42 Å². The summed E-state index contributed by atoms with van der Waals surface area (Å²) in [6, 6.07) is 9.85. The lowest BCUT2D eigenvalue weighted by Crippen LogP contribution is -2.06. The number of hydrogen-bond acceptors (Lipinski definition) is 3. The molecule has 0 aliphatic rings. The van der Waals surface area contributed by atoms with Crippen LogP contribution in [0.15, 0.2) is 47.3 Å². The van der Waals surface area contributed by atoms with Crippen LogP contribution in [0, 0.1) is 0 Å². The molecule has 0 unspecified atom stereocenters. The predicted octanol–water partition coefficient (Wildman–Crippen LogP) is 2.89. The Bertz CT molecular complexity index is 445. The van der Waals surface area contributed by atoms with E-state index in [-0.39, 0.29) is 0 Å². The van der Waals surface area contributed by atoms with Gasteiger partial charge in [0.2, 0.25) is 0 Å². The lowest BCUT2D eigenvalue weighted by Gasteiger charge is -2.05. The van der Waals surface area contributed by atoms with E-state index in [1.165, 1.54) is 5.56 Å². The number of rotatable bonds is 4. The van der Waals surface area contributed by atoms with Gasteiger partial charge in [-0.3, -0.25) is 4.98 Å². The van der Waals surface area contributed by atoms with Crippen molar-refractivity contribution in [1.29, 1.82) is 0 Å². The van der Waals surface area contributed by atoms with Gasteiger partial charge in [0.15, 0.2) is 0 Å². The van der Waals surface area contributed by atoms with E-state index in [1.807, 2.05) is 30.5 Å². The second-order valence-corrected chi connectivity index (χ2v) is 4.20. The van der Waals surface area contributed by atoms with Crippen molar-refractivity contribution in [3.8, 4) is 0 Å². The van der Waals surface area contributed by atoms with Gasteiger partial charge in [0.05, 0.1) is 0 Å². The van der Waals surface area contributed by atoms with Gasteiger partial charge < -0.3 is 5.32 Å². The molecule has 0 atom stereocenters. The van der Waals surface area contributed by atoms with Crippen LogP contribution in [0.2, 0.25) is 0 Å². The highest BCUT2D eigenvalue weighted by Gasteiger charge is 1.95. The van der Waals surface area contributed by atoms with Gasteiger partial charge in [0.1, 0.15) is 10.4 Å². The van der Waals surface area contributed by atoms with E-state index in [0.717, 1.165) is 23.4 Å². The van der Waals surface area contributed by atoms with Crippen molar-refractivity contribution in [3.05, 3.63) is 52.9 Å². The highest BCUT2D eigenvalue weighted by Crippen LogP contribution is 2.09. The van der Waals surface area contributed by atoms with Crippen LogP contribution >= 0.6 is 15.9 Å². The molecule has 0 amide bonds. The molecule has 0 aliphatic heterocycles. The number of hydrogen-bond donors (Lipinski definition) is 1. The van der Waals surface area contributed by atoms with E-state index in [9.17, 15) is 0 Å². The van der Waals surface area contributed by atoms with Gasteiger partial charge >= 0.3 is 0 Å². The minimum Gasteiger partial charge on any atom is -0.370 e. The Hall–Kier alpha value is -1.42. The van der Waals surface area contributed by atoms with Crippen LogP contribution in [0.4, 0.5) is 5.82 Å². The van der Waals surface area contributed by atoms with Crippen molar-refractivity contribution in [2.75, 3.05) is 11.9 Å². The summed E-state index contributed by atoms with van der Waals surface area (Å²) in [4.78, 5) is 8.37. The Balaban J connectivity index is 1.85. The molecule has 16 heavy (non-hydrogen) atoms. The summed E-state index contributed by atoms with van der Waals surface area (Å²) >= 11 is 3.34. The van der Waals surface area contributed by atoms with Crippen LogP contribution in [0.3, 0.4) is 0 Å². The zero-order chi connectivity index (χ0) is 11.2. The third kappa shape index (κ3) is 3.31. The molecule has 82 valence electrons. The lowest BCUT2D eigenvalue weighted by molar-refractivity contribution is 0.992. The first-order valence-corrected chi connectivity index (χ1v) is 5.89. The smallest absolute Gasteiger partial charge is 0.127 e. The average Bonchev–Trinajstić information content (AvgIpc) is 2.30. The summed E-state index contributed by atoms with van der Waals surface area (Å²) in [5, 5.41) is 3.27. The second-order valence-electron chi connectivity index (χ2n) is 3.38. The van der Waals surface area contributed by atoms with Gasteiger partial charge in [0.25, 0.3) is 0 Å². The Morgan fingerprint density at radius 3 is 2.88 bits per heavy atom. The molecule has 4 heteroatoms. The SMILES string of the molecule is Brc1cccc(NCCc2cccnc2)n1. The summed E-state index contributed by atoms with van der Waals surface area (Å²) in [5.74, 6) is 0.887. The third-order valence-corrected chi connectivity index (χ3v) is 2.60. The average molecular weight is 278 g/mol. The topological polar surface area (TPSA) is 37.8 Å². The van der Waals surface area contributed by atoms with Crippen LogP contribution < -0.4 is 5.32 Å². The molecule has 0 saturated carbocycles. The van der Waals surface area contributed by atoms with Gasteiger partial charge in [-0.1, -0.05) is 12.1 Å². The molecule has 0 saturated heterocycles. The molecule has 1 N–H and O–H groups in total. The summed E-state index contributed by atoms with van der Waals surface area (Å²) in [5.41, 5.74) is 1.23. The fourth-order valence-corrected chi connectivity index (χ4v) is 1.73. The fraction of sp³-hybridized carbons (Fsp3) is 0.167. The largest absolute Gasteiger partial charge is 0.370 e. The van der Waals surface area contributed by atoms with Crippen LogP contribution in [-0.2, 0) is 6.42 Å². The molecule has 2 heterocycles. The van der Waals surface area contributed by atoms with Crippen LogP contribution in [0.25, 0.3) is 0 Å². The molecule has 0 radical (unpaired) electrons. The molecule has 0 fully saturated rings. The van der Waals surface area contributed by atoms with Crippen molar-refractivity contribution < 1.29 is 0 Å². The highest BCUT2D eigenvalue weighted by molar-refractivity contribution is 9.10. The maximum atomic E-state index is 4.29. The quantitative estimate of drug-likeness (QED) is 0.874. The van der Waals surface area contributed by atoms with Crippen LogP contribution in [0.1, 0.15) is 5.56 Å². The zero-order valence-electron chi connectivity index (χ0n) is 8.73. The Morgan fingerprint density at radius 2 is 2.12 bits per heavy atom. The summed E-state index contributed by atoms with van der Waals surface area (Å²) < 4.78 is 0.846. The van der Waals surface area contributed by atoms with Crippen LogP contribution in [0.5, 0.6) is 0 Å². The molecule has 0 spiro atoms. The van der Waals surface area contributed by atoms with E-state index in [1.54, 1.807) is 6.20 Å². The molecule has 3 nitrogen and oxygen atoms in total. The second kappa shape index (κ2) is 5.61. The Kier molecular flexibility index (Phi) is 3.88. The third-order valence-electron chi connectivity index (χ3n) is 2.16. The van der Waals surface area contributed by atoms with E-state index in [2.05, 4.69) is 37.3 Å². The highest BCUT2D eigenvalue weighted by atomic mass is 79.9. The Morgan fingerprint density at radius 1 is 1.19 bits per heavy atom. The fourth-order valence-electron chi connectivity index (χ4n) is 1.39. The van der Waals surface area contributed by atoms with Crippen molar-refractivity contribution >= 4 is 21.7 Å². The number of anilines is 1. The van der Waals surface area contributed by atoms with E-state index in [4.69, 9.17) is 0 Å². The molecule has 2 rings (SSSR count). The van der Waals surface area contributed by atoms with Crippen molar-refractivity contribution in [2.24, 2.45) is 0 Å². The minimum absolute atomic E-state index is 0.846. The lowest BCUT2D eigenvalue weighted by atomic mass is 10.2. The van der Waals surface area contributed by atoms with E-state index < -0.39 is 0 Å². The normalized spacial score (nSPS) is 10.1. The first-order chi connectivity index (χ1) is 7.84. The molecular weight excluding hydrogens is 266 g/mol. The first-order valence-electron chi connectivity index (χ1n) is 5.10. The molecule has 0 bridgehead atoms. The molecular formula is C12H12BrN3. The standard InChI is InChI=1S/C12H12BrN3/c13-11-4-1-5-12(16-11)15-8-6-10-3-2-7-14-9-10/h1-5,7,9H,6,8H2,(H,15,16). The van der Waals surface area contributed by atoms with E-state index >= 15 is 0 Å². The van der Waals surface area contributed by atoms with Gasteiger partial charge in [-0.15, -0.1) is 0 Å². The van der Waals surface area contributed by atoms with Gasteiger partial charge in [-0.05, 0) is 46.1 Å². The maximum absolute atomic E-state index is 4.29. The molecule has 2 aromatic heterocycles. The molecule has 0 aliphatic carbocycles. The number of nitrogens with one attached hydrogen (secondary N) is 1. The molecule has 0 aromatic carbocycles. The molecule has 2 aromatic rings. The summed E-state index contributed by atoms with van der Waals surface area (Å²) in [6.45, 7) is 0.856. The van der Waals surface area contributed by atoms with Crippen LogP contribution in [-0.4, -0.2) is 16.5 Å². The monoisotopic (exact) mass is 277 g/mol. The predicted molar refractivity (Wildman–Crippen MR) is 68.4 cm³/mol. The van der Waals surface area contributed by atoms with Crippen molar-refractivity contribution in [3.63, 3.8) is 0 Å². The first kappa shape index (κ1) is 11.1.